The summed E-state index contributed by atoms with van der Waals surface area (Å²) in [5.74, 6) is 0. The van der Waals surface area contributed by atoms with Crippen molar-refractivity contribution < 1.29 is 46.5 Å². The predicted octanol–water partition coefficient (Wildman–Crippen LogP) is -1.08. The van der Waals surface area contributed by atoms with Crippen molar-refractivity contribution in [2.24, 2.45) is 0 Å². The van der Waals surface area contributed by atoms with E-state index in [0.717, 1.165) is 0 Å². The summed E-state index contributed by atoms with van der Waals surface area (Å²) in [6.07, 6.45) is 7.94. The first-order chi connectivity index (χ1) is 9.19. The Bertz CT molecular complexity index is 524. The molecule has 1 aliphatic carbocycles. The molecule has 1 N–H and O–H groups in total. The fourth-order valence-corrected chi connectivity index (χ4v) is 2.58. The second-order valence-electron chi connectivity index (χ2n) is 7.78. The average Bonchev–Trinajstić information content (AvgIpc) is 2.85. The maximum Gasteiger partial charge on any atom is 4.00 e. The monoisotopic (exact) mass is 387 g/mol. The second kappa shape index (κ2) is 9.42. The van der Waals surface area contributed by atoms with Crippen LogP contribution in [0.2, 0.25) is 0 Å². The normalized spacial score (nSPS) is 12.3. The van der Waals surface area contributed by atoms with Gasteiger partial charge in [-0.15, -0.1) is 18.0 Å². The van der Waals surface area contributed by atoms with E-state index >= 15 is 0 Å². The molecule has 0 amide bonds. The van der Waals surface area contributed by atoms with Gasteiger partial charge in [-0.3, -0.25) is 0 Å². The first kappa shape index (κ1) is 25.2. The number of hydrogen-bond acceptors (Lipinski definition) is 0. The number of hydrogen-bond donors (Lipinski definition) is 1. The zero-order chi connectivity index (χ0) is 15.0. The molecular weight excluding hydrogens is 361 g/mol. The maximum absolute atomic E-state index is 3.23. The predicted molar refractivity (Wildman–Crippen MR) is 86.5 cm³/mol. The number of aromatic nitrogens is 1. The zero-order valence-electron chi connectivity index (χ0n) is 15.0. The Hall–Kier alpha value is -0.0757. The number of fused-ring (bicyclic) bond motifs is 1. The molecule has 0 aliphatic heterocycles. The fourth-order valence-electron chi connectivity index (χ4n) is 2.58. The molecule has 3 rings (SSSR count). The van der Waals surface area contributed by atoms with Gasteiger partial charge in [0.2, 0.25) is 0 Å². The van der Waals surface area contributed by atoms with Crippen molar-refractivity contribution in [2.75, 3.05) is 0 Å². The van der Waals surface area contributed by atoms with Crippen LogP contribution in [0, 0.1) is 6.20 Å². The van der Waals surface area contributed by atoms with Crippen LogP contribution in [0.4, 0.5) is 0 Å². The smallest absolute Gasteiger partial charge is 1.00 e. The van der Waals surface area contributed by atoms with E-state index in [-0.39, 0.29) is 57.4 Å². The van der Waals surface area contributed by atoms with Gasteiger partial charge in [-0.25, -0.2) is 12.1 Å². The number of halogens is 2. The minimum atomic E-state index is 0. The first-order valence-corrected chi connectivity index (χ1v) is 7.53. The van der Waals surface area contributed by atoms with Gasteiger partial charge in [0.1, 0.15) is 0 Å². The molecule has 2 aromatic rings. The molecule has 4 heteroatoms. The van der Waals surface area contributed by atoms with Crippen molar-refractivity contribution >= 4 is 0 Å². The molecule has 0 spiro atoms. The van der Waals surface area contributed by atoms with Crippen molar-refractivity contribution in [1.29, 1.82) is 0 Å². The number of aryl methyl sites for hydroxylation is 2. The molecule has 0 fully saturated rings. The van der Waals surface area contributed by atoms with E-state index in [1.807, 2.05) is 0 Å². The van der Waals surface area contributed by atoms with E-state index in [2.05, 4.69) is 77.1 Å². The Labute approximate surface area is 169 Å². The molecule has 0 radical (unpaired) electrons. The quantitative estimate of drug-likeness (QED) is 0.437. The molecule has 0 saturated heterocycles. The van der Waals surface area contributed by atoms with Crippen LogP contribution in [0.1, 0.15) is 63.8 Å². The minimum absolute atomic E-state index is 0. The van der Waals surface area contributed by atoms with Gasteiger partial charge in [0, 0.05) is 0 Å². The van der Waals surface area contributed by atoms with Crippen LogP contribution in [0.15, 0.2) is 24.4 Å². The Morgan fingerprint density at radius 2 is 1.65 bits per heavy atom. The summed E-state index contributed by atoms with van der Waals surface area (Å²) in [6, 6.07) is 6.55. The molecule has 1 aliphatic rings. The van der Waals surface area contributed by atoms with Gasteiger partial charge < -0.3 is 29.8 Å². The molecule has 1 aromatic carbocycles. The SMILES string of the molecule is CC(C)(C)c1[c-][nH]cc1C(C)(C)C.[Cl-].[Cl-].[Ti+4].c1cc2[c-](c1)CC2. The van der Waals surface area contributed by atoms with Gasteiger partial charge in [0.15, 0.2) is 0 Å². The van der Waals surface area contributed by atoms with Gasteiger partial charge in [-0.05, 0) is 5.41 Å². The van der Waals surface area contributed by atoms with Gasteiger partial charge in [-0.2, -0.15) is 22.8 Å². The molecule has 23 heavy (non-hydrogen) atoms. The third kappa shape index (κ3) is 6.38. The van der Waals surface area contributed by atoms with Crippen molar-refractivity contribution in [3.05, 3.63) is 52.8 Å². The van der Waals surface area contributed by atoms with Gasteiger partial charge in [-0.1, -0.05) is 59.8 Å². The molecule has 126 valence electrons. The summed E-state index contributed by atoms with van der Waals surface area (Å²) in [6.45, 7) is 13.4. The summed E-state index contributed by atoms with van der Waals surface area (Å²) >= 11 is 0. The van der Waals surface area contributed by atoms with E-state index in [1.54, 1.807) is 11.1 Å². The van der Waals surface area contributed by atoms with Crippen LogP contribution in [-0.2, 0) is 45.4 Å². The molecule has 1 aromatic heterocycles. The second-order valence-corrected chi connectivity index (χ2v) is 7.78. The molecule has 0 atom stereocenters. The van der Waals surface area contributed by atoms with Crippen LogP contribution in [-0.4, -0.2) is 4.98 Å². The van der Waals surface area contributed by atoms with Crippen LogP contribution < -0.4 is 24.8 Å². The number of rotatable bonds is 0. The summed E-state index contributed by atoms with van der Waals surface area (Å²) in [7, 11) is 0. The number of nitrogens with one attached hydrogen (secondary N) is 1. The third-order valence-electron chi connectivity index (χ3n) is 3.91. The fraction of sp³-hybridized carbons (Fsp3) is 0.526. The van der Waals surface area contributed by atoms with E-state index in [4.69, 9.17) is 0 Å². The molecule has 0 bridgehead atoms. The summed E-state index contributed by atoms with van der Waals surface area (Å²) < 4.78 is 0. The molecule has 0 saturated carbocycles. The van der Waals surface area contributed by atoms with E-state index < -0.39 is 0 Å². The topological polar surface area (TPSA) is 15.8 Å². The standard InChI is InChI=1S/C12H20N.C7H7.2ClH.Ti/c1-11(2,3)9-7-13-8-10(9)12(4,5)6;1-2-6-4-5-7(6)3-1;;;/h7,13H,1-6H3;1-3H,4-5H2;2*1H;/q2*-1;;;+4/p-2. The molecule has 0 unspecified atom stereocenters. The van der Waals surface area contributed by atoms with Crippen molar-refractivity contribution in [2.45, 2.75) is 65.2 Å². The Morgan fingerprint density at radius 1 is 1.04 bits per heavy atom. The van der Waals surface area contributed by atoms with Crippen LogP contribution in [0.5, 0.6) is 0 Å². The minimum Gasteiger partial charge on any atom is -1.00 e. The van der Waals surface area contributed by atoms with Crippen LogP contribution in [0.3, 0.4) is 0 Å². The van der Waals surface area contributed by atoms with E-state index in [1.165, 1.54) is 24.0 Å². The maximum atomic E-state index is 3.23. The Kier molecular flexibility index (Phi) is 10.3. The summed E-state index contributed by atoms with van der Waals surface area (Å²) in [4.78, 5) is 3.09. The summed E-state index contributed by atoms with van der Waals surface area (Å²) in [5.41, 5.74) is 6.21. The summed E-state index contributed by atoms with van der Waals surface area (Å²) in [5, 5.41) is 0. The van der Waals surface area contributed by atoms with Gasteiger partial charge in [0.25, 0.3) is 0 Å². The van der Waals surface area contributed by atoms with E-state index in [9.17, 15) is 0 Å². The largest absolute Gasteiger partial charge is 4.00 e. The van der Waals surface area contributed by atoms with E-state index in [0.29, 0.717) is 0 Å². The van der Waals surface area contributed by atoms with Crippen LogP contribution in [0.25, 0.3) is 0 Å². The van der Waals surface area contributed by atoms with Crippen molar-refractivity contribution in [3.63, 3.8) is 0 Å². The van der Waals surface area contributed by atoms with Crippen LogP contribution >= 0.6 is 0 Å². The Balaban J connectivity index is 0. The molecular formula is C19H27Cl2NTi. The zero-order valence-corrected chi connectivity index (χ0v) is 18.1. The van der Waals surface area contributed by atoms with Gasteiger partial charge >= 0.3 is 21.7 Å². The number of aromatic amines is 1. The average molecular weight is 388 g/mol. The first-order valence-electron chi connectivity index (χ1n) is 7.53. The Morgan fingerprint density at radius 3 is 1.91 bits per heavy atom. The third-order valence-corrected chi connectivity index (χ3v) is 3.91. The molecule has 1 nitrogen and oxygen atoms in total. The van der Waals surface area contributed by atoms with Crippen molar-refractivity contribution in [1.82, 2.24) is 4.98 Å². The number of H-pyrrole nitrogens is 1. The van der Waals surface area contributed by atoms with Crippen molar-refractivity contribution in [3.8, 4) is 0 Å². The van der Waals surface area contributed by atoms with Gasteiger partial charge in [0.05, 0.1) is 0 Å². The molecule has 1 heterocycles.